The summed E-state index contributed by atoms with van der Waals surface area (Å²) in [5.74, 6) is 0.334. The fraction of sp³-hybridized carbons (Fsp3) is 0.200. The minimum atomic E-state index is -0.428. The van der Waals surface area contributed by atoms with E-state index in [-0.39, 0.29) is 0 Å². The molecule has 0 saturated heterocycles. The highest BCUT2D eigenvalue weighted by molar-refractivity contribution is 7.71. The first-order valence-corrected chi connectivity index (χ1v) is 5.73. The van der Waals surface area contributed by atoms with E-state index in [1.807, 2.05) is 0 Å². The highest BCUT2D eigenvalue weighted by atomic mass is 32.1. The van der Waals surface area contributed by atoms with E-state index in [9.17, 15) is 4.39 Å². The predicted molar refractivity (Wildman–Crippen MR) is 67.3 cm³/mol. The molecule has 0 aliphatic rings. The van der Waals surface area contributed by atoms with Gasteiger partial charge < -0.3 is 9.72 Å². The number of benzene rings is 1. The number of tetrazole rings is 1. The Hall–Kier alpha value is -2.29. The molecule has 3 rings (SSSR count). The van der Waals surface area contributed by atoms with Gasteiger partial charge in [-0.05, 0) is 22.6 Å². The molecule has 2 heterocycles. The van der Waals surface area contributed by atoms with Gasteiger partial charge in [-0.3, -0.25) is 4.57 Å². The quantitative estimate of drug-likeness (QED) is 0.717. The highest BCUT2D eigenvalue weighted by Gasteiger charge is 2.15. The third-order valence-electron chi connectivity index (χ3n) is 2.74. The van der Waals surface area contributed by atoms with Crippen molar-refractivity contribution >= 4 is 23.3 Å². The van der Waals surface area contributed by atoms with Gasteiger partial charge in [0.05, 0.1) is 12.6 Å². The summed E-state index contributed by atoms with van der Waals surface area (Å²) in [7, 11) is 3.14. The van der Waals surface area contributed by atoms with E-state index in [1.165, 1.54) is 23.9 Å². The van der Waals surface area contributed by atoms with Gasteiger partial charge in [-0.1, -0.05) is 5.10 Å². The molecule has 0 atom stereocenters. The number of aryl methyl sites for hydroxylation is 1. The molecule has 0 spiro atoms. The van der Waals surface area contributed by atoms with E-state index >= 15 is 0 Å². The molecule has 0 radical (unpaired) electrons. The van der Waals surface area contributed by atoms with Gasteiger partial charge in [0, 0.05) is 19.2 Å². The van der Waals surface area contributed by atoms with Gasteiger partial charge in [0.15, 0.2) is 4.77 Å². The fourth-order valence-corrected chi connectivity index (χ4v) is 2.20. The van der Waals surface area contributed by atoms with Crippen molar-refractivity contribution in [2.45, 2.75) is 0 Å². The number of nitrogens with one attached hydrogen (secondary N) is 1. The third-order valence-corrected chi connectivity index (χ3v) is 3.02. The number of aromatic nitrogens is 6. The lowest BCUT2D eigenvalue weighted by Gasteiger charge is -2.04. The molecule has 0 fully saturated rings. The van der Waals surface area contributed by atoms with Crippen LogP contribution in [0.15, 0.2) is 12.1 Å². The van der Waals surface area contributed by atoms with Crippen LogP contribution < -0.4 is 4.74 Å². The van der Waals surface area contributed by atoms with Gasteiger partial charge in [0.2, 0.25) is 0 Å². The number of nitrogens with zero attached hydrogens (tertiary/aromatic N) is 5. The zero-order valence-electron chi connectivity index (χ0n) is 10.1. The number of hydrogen-bond acceptors (Lipinski definition) is 5. The average Bonchev–Trinajstić information content (AvgIpc) is 2.91. The van der Waals surface area contributed by atoms with Crippen LogP contribution in [-0.4, -0.2) is 36.9 Å². The molecule has 9 heteroatoms. The van der Waals surface area contributed by atoms with Crippen LogP contribution in [0.5, 0.6) is 5.75 Å². The van der Waals surface area contributed by atoms with Crippen molar-refractivity contribution in [1.29, 1.82) is 0 Å². The predicted octanol–water partition coefficient (Wildman–Crippen LogP) is 1.36. The molecule has 1 aromatic carbocycles. The second kappa shape index (κ2) is 4.12. The third kappa shape index (κ3) is 1.70. The number of aromatic amines is 1. The van der Waals surface area contributed by atoms with Gasteiger partial charge in [0.25, 0.3) is 5.95 Å². The van der Waals surface area contributed by atoms with Crippen molar-refractivity contribution in [1.82, 2.24) is 29.8 Å². The largest absolute Gasteiger partial charge is 0.494 e. The van der Waals surface area contributed by atoms with E-state index in [2.05, 4.69) is 20.5 Å². The van der Waals surface area contributed by atoms with Crippen molar-refractivity contribution in [3.63, 3.8) is 0 Å². The molecule has 0 bridgehead atoms. The first-order valence-electron chi connectivity index (χ1n) is 5.33. The van der Waals surface area contributed by atoms with Crippen molar-refractivity contribution in [2.24, 2.45) is 7.05 Å². The lowest BCUT2D eigenvalue weighted by molar-refractivity contribution is 0.415. The summed E-state index contributed by atoms with van der Waals surface area (Å²) in [6, 6.07) is 2.63. The molecule has 0 unspecified atom stereocenters. The maximum absolute atomic E-state index is 13.6. The molecule has 3 aromatic rings. The second-order valence-electron chi connectivity index (χ2n) is 3.87. The molecule has 0 amide bonds. The van der Waals surface area contributed by atoms with Crippen molar-refractivity contribution < 1.29 is 9.13 Å². The van der Waals surface area contributed by atoms with Gasteiger partial charge in [0.1, 0.15) is 17.1 Å². The normalized spacial score (nSPS) is 11.1. The maximum Gasteiger partial charge on any atom is 0.256 e. The number of rotatable bonds is 2. The molecule has 2 aromatic heterocycles. The fourth-order valence-electron chi connectivity index (χ4n) is 1.92. The second-order valence-corrected chi connectivity index (χ2v) is 4.26. The van der Waals surface area contributed by atoms with E-state index in [0.717, 1.165) is 0 Å². The first-order chi connectivity index (χ1) is 9.11. The topological polar surface area (TPSA) is 73.6 Å². The van der Waals surface area contributed by atoms with Crippen LogP contribution in [0.2, 0.25) is 0 Å². The van der Waals surface area contributed by atoms with Gasteiger partial charge in [-0.25, -0.2) is 9.07 Å². The number of fused-ring (bicyclic) bond motifs is 1. The van der Waals surface area contributed by atoms with Gasteiger partial charge in [-0.15, -0.1) is 0 Å². The number of halogens is 1. The van der Waals surface area contributed by atoms with Crippen LogP contribution in [-0.2, 0) is 7.05 Å². The monoisotopic (exact) mass is 280 g/mol. The number of hydrogen-bond donors (Lipinski definition) is 1. The molecule has 98 valence electrons. The molecular weight excluding hydrogens is 271 g/mol. The molecule has 0 saturated carbocycles. The summed E-state index contributed by atoms with van der Waals surface area (Å²) in [5, 5.41) is 11.2. The van der Waals surface area contributed by atoms with Crippen LogP contribution in [0.3, 0.4) is 0 Å². The minimum Gasteiger partial charge on any atom is -0.494 e. The Bertz CT molecular complexity index is 819. The zero-order valence-corrected chi connectivity index (χ0v) is 10.9. The van der Waals surface area contributed by atoms with E-state index < -0.39 is 5.82 Å². The Balaban J connectivity index is 2.44. The minimum absolute atomic E-state index is 0.358. The van der Waals surface area contributed by atoms with Crippen LogP contribution >= 0.6 is 12.2 Å². The highest BCUT2D eigenvalue weighted by Crippen LogP contribution is 2.27. The Morgan fingerprint density at radius 2 is 2.21 bits per heavy atom. The Morgan fingerprint density at radius 3 is 2.84 bits per heavy atom. The van der Waals surface area contributed by atoms with Gasteiger partial charge in [-0.2, -0.15) is 0 Å². The van der Waals surface area contributed by atoms with Crippen LogP contribution in [0, 0.1) is 10.6 Å². The number of imidazole rings is 1. The Morgan fingerprint density at radius 1 is 1.42 bits per heavy atom. The summed E-state index contributed by atoms with van der Waals surface area (Å²) < 4.78 is 22.1. The summed E-state index contributed by atoms with van der Waals surface area (Å²) in [4.78, 5) is 2.97. The lowest BCUT2D eigenvalue weighted by Crippen LogP contribution is -2.04. The van der Waals surface area contributed by atoms with E-state index in [1.54, 1.807) is 11.6 Å². The van der Waals surface area contributed by atoms with Crippen molar-refractivity contribution in [3.8, 4) is 11.7 Å². The Labute approximate surface area is 111 Å². The van der Waals surface area contributed by atoms with Crippen LogP contribution in [0.25, 0.3) is 17.0 Å². The molecule has 0 aliphatic heterocycles. The van der Waals surface area contributed by atoms with Gasteiger partial charge >= 0.3 is 0 Å². The zero-order chi connectivity index (χ0) is 13.6. The van der Waals surface area contributed by atoms with Crippen LogP contribution in [0.1, 0.15) is 0 Å². The Kier molecular flexibility index (Phi) is 2.56. The molecule has 7 nitrogen and oxygen atoms in total. The first kappa shape index (κ1) is 11.8. The average molecular weight is 280 g/mol. The summed E-state index contributed by atoms with van der Waals surface area (Å²) in [6.45, 7) is 0. The number of H-pyrrole nitrogens is 1. The summed E-state index contributed by atoms with van der Waals surface area (Å²) >= 11 is 5.23. The number of methoxy groups -OCH3 is 1. The van der Waals surface area contributed by atoms with Crippen molar-refractivity contribution in [2.75, 3.05) is 7.11 Å². The summed E-state index contributed by atoms with van der Waals surface area (Å²) in [6.07, 6.45) is 0. The molecule has 0 aliphatic carbocycles. The molecule has 1 N–H and O–H groups in total. The maximum atomic E-state index is 13.6. The van der Waals surface area contributed by atoms with E-state index in [0.29, 0.717) is 27.5 Å². The van der Waals surface area contributed by atoms with Crippen LogP contribution in [0.4, 0.5) is 4.39 Å². The smallest absolute Gasteiger partial charge is 0.256 e. The van der Waals surface area contributed by atoms with E-state index in [4.69, 9.17) is 17.0 Å². The summed E-state index contributed by atoms with van der Waals surface area (Å²) in [5.41, 5.74) is 1.11. The van der Waals surface area contributed by atoms with Crippen molar-refractivity contribution in [3.05, 3.63) is 22.7 Å². The lowest BCUT2D eigenvalue weighted by atomic mass is 10.3. The SMILES string of the molecule is COc1cc(F)cc2c1[nH]c(=S)n2-c1nnnn1C. The number of ether oxygens (including phenoxy) is 1. The standard InChI is InChI=1S/C10H9FN6OS/c1-16-9(13-14-15-16)17-6-3-5(11)4-7(18-2)8(6)12-10(17)19/h3-4H,1-2H3,(H,12,19). The molecule has 19 heavy (non-hydrogen) atoms. The molecular formula is C10H9FN6OS.